The van der Waals surface area contributed by atoms with Gasteiger partial charge in [0.2, 0.25) is 0 Å². The number of carbonyl (C=O) groups excluding carboxylic acids is 1. The second-order valence-electron chi connectivity index (χ2n) is 7.28. The van der Waals surface area contributed by atoms with Crippen molar-refractivity contribution in [1.29, 1.82) is 0 Å². The number of aromatic nitrogens is 2. The first kappa shape index (κ1) is 18.5. The molecule has 3 heterocycles. The monoisotopic (exact) mass is 378 g/mol. The summed E-state index contributed by atoms with van der Waals surface area (Å²) in [6.07, 6.45) is 7.40. The number of carbonyl (C=O) groups is 1. The molecule has 1 amide bonds. The van der Waals surface area contributed by atoms with Crippen molar-refractivity contribution in [3.63, 3.8) is 0 Å². The van der Waals surface area contributed by atoms with Gasteiger partial charge in [0.05, 0.1) is 11.7 Å². The van der Waals surface area contributed by atoms with Gasteiger partial charge in [0.25, 0.3) is 5.91 Å². The smallest absolute Gasteiger partial charge is 0.287 e. The molecule has 2 aromatic heterocycles. The molecule has 1 aliphatic heterocycles. The molecule has 4 rings (SSSR count). The van der Waals surface area contributed by atoms with Crippen LogP contribution < -0.4 is 5.32 Å². The number of nitrogens with one attached hydrogen (secondary N) is 1. The molecule has 146 valence electrons. The van der Waals surface area contributed by atoms with Crippen LogP contribution in [0.25, 0.3) is 5.69 Å². The molecule has 0 bridgehead atoms. The van der Waals surface area contributed by atoms with Crippen LogP contribution in [0, 0.1) is 0 Å². The predicted molar refractivity (Wildman–Crippen MR) is 107 cm³/mol. The number of amides is 1. The Balaban J connectivity index is 1.37. The minimum atomic E-state index is -0.193. The van der Waals surface area contributed by atoms with E-state index in [9.17, 15) is 4.79 Å². The number of furan rings is 1. The van der Waals surface area contributed by atoms with Crippen molar-refractivity contribution < 1.29 is 9.21 Å². The van der Waals surface area contributed by atoms with Crippen molar-refractivity contribution in [2.75, 3.05) is 13.1 Å². The lowest BCUT2D eigenvalue weighted by molar-refractivity contribution is 0.0914. The molecule has 0 saturated carbocycles. The van der Waals surface area contributed by atoms with Gasteiger partial charge >= 0.3 is 0 Å². The van der Waals surface area contributed by atoms with Crippen molar-refractivity contribution in [2.45, 2.75) is 38.8 Å². The molecule has 28 heavy (non-hydrogen) atoms. The molecule has 6 nitrogen and oxygen atoms in total. The standard InChI is InChI=1S/C22H26N4O2/c1-17(25-12-3-2-4-13-25)20-9-10-21(28-20)22(27)23-16-18-7-5-8-19(15-18)26-14-6-11-24-26/h5-11,14-15,17H,2-4,12-13,16H2,1H3,(H,23,27)/t17-/m0/s1. The van der Waals surface area contributed by atoms with Gasteiger partial charge in [0, 0.05) is 18.9 Å². The van der Waals surface area contributed by atoms with Gasteiger partial charge in [-0.1, -0.05) is 18.6 Å². The molecule has 1 aromatic carbocycles. The second-order valence-corrected chi connectivity index (χ2v) is 7.28. The summed E-state index contributed by atoms with van der Waals surface area (Å²) in [5, 5.41) is 7.18. The van der Waals surface area contributed by atoms with Gasteiger partial charge in [-0.05, 0) is 68.8 Å². The zero-order valence-corrected chi connectivity index (χ0v) is 16.2. The Morgan fingerprint density at radius 2 is 2.04 bits per heavy atom. The van der Waals surface area contributed by atoms with Crippen molar-refractivity contribution in [3.8, 4) is 5.69 Å². The lowest BCUT2D eigenvalue weighted by atomic mass is 10.1. The van der Waals surface area contributed by atoms with Crippen LogP contribution in [0.5, 0.6) is 0 Å². The minimum absolute atomic E-state index is 0.193. The largest absolute Gasteiger partial charge is 0.454 e. The Kier molecular flexibility index (Phi) is 5.58. The van der Waals surface area contributed by atoms with E-state index < -0.39 is 0 Å². The highest BCUT2D eigenvalue weighted by Crippen LogP contribution is 2.25. The van der Waals surface area contributed by atoms with Crippen LogP contribution >= 0.6 is 0 Å². The second kappa shape index (κ2) is 8.44. The van der Waals surface area contributed by atoms with E-state index in [4.69, 9.17) is 4.42 Å². The number of hydrogen-bond donors (Lipinski definition) is 1. The van der Waals surface area contributed by atoms with Crippen LogP contribution in [0.4, 0.5) is 0 Å². The molecule has 0 spiro atoms. The zero-order valence-electron chi connectivity index (χ0n) is 16.2. The molecule has 3 aromatic rings. The molecular weight excluding hydrogens is 352 g/mol. The highest BCUT2D eigenvalue weighted by Gasteiger charge is 2.22. The van der Waals surface area contributed by atoms with E-state index >= 15 is 0 Å². The predicted octanol–water partition coefficient (Wildman–Crippen LogP) is 3.94. The average Bonchev–Trinajstić information content (AvgIpc) is 3.45. The molecule has 0 aliphatic carbocycles. The van der Waals surface area contributed by atoms with Gasteiger partial charge < -0.3 is 9.73 Å². The quantitative estimate of drug-likeness (QED) is 0.706. The summed E-state index contributed by atoms with van der Waals surface area (Å²) < 4.78 is 7.66. The van der Waals surface area contributed by atoms with E-state index in [1.54, 1.807) is 16.9 Å². The maximum absolute atomic E-state index is 12.5. The molecule has 1 fully saturated rings. The van der Waals surface area contributed by atoms with Crippen molar-refractivity contribution in [2.24, 2.45) is 0 Å². The average molecular weight is 378 g/mol. The Morgan fingerprint density at radius 1 is 1.18 bits per heavy atom. The van der Waals surface area contributed by atoms with Crippen LogP contribution in [0.15, 0.2) is 59.3 Å². The van der Waals surface area contributed by atoms with E-state index in [0.717, 1.165) is 30.1 Å². The van der Waals surface area contributed by atoms with Crippen molar-refractivity contribution in [1.82, 2.24) is 20.0 Å². The number of piperidine rings is 1. The van der Waals surface area contributed by atoms with Gasteiger partial charge in [0.1, 0.15) is 5.76 Å². The number of likely N-dealkylation sites (tertiary alicyclic amines) is 1. The fourth-order valence-electron chi connectivity index (χ4n) is 3.68. The molecular formula is C22H26N4O2. The third-order valence-corrected chi connectivity index (χ3v) is 5.33. The van der Waals surface area contributed by atoms with Crippen LogP contribution in [-0.4, -0.2) is 33.7 Å². The zero-order chi connectivity index (χ0) is 19.3. The summed E-state index contributed by atoms with van der Waals surface area (Å²) >= 11 is 0. The van der Waals surface area contributed by atoms with Crippen LogP contribution in [0.1, 0.15) is 54.1 Å². The fraction of sp³-hybridized carbons (Fsp3) is 0.364. The SMILES string of the molecule is C[C@@H](c1ccc(C(=O)NCc2cccc(-n3cccn3)c2)o1)N1CCCCC1. The van der Waals surface area contributed by atoms with Gasteiger partial charge in [0.15, 0.2) is 5.76 Å². The molecule has 1 N–H and O–H groups in total. The van der Waals surface area contributed by atoms with Crippen LogP contribution in [-0.2, 0) is 6.54 Å². The topological polar surface area (TPSA) is 63.3 Å². The summed E-state index contributed by atoms with van der Waals surface area (Å²) in [6.45, 7) is 4.77. The summed E-state index contributed by atoms with van der Waals surface area (Å²) in [5.41, 5.74) is 1.97. The van der Waals surface area contributed by atoms with Crippen molar-refractivity contribution >= 4 is 5.91 Å². The fourth-order valence-corrected chi connectivity index (χ4v) is 3.68. The Hall–Kier alpha value is -2.86. The maximum atomic E-state index is 12.5. The van der Waals surface area contributed by atoms with E-state index in [-0.39, 0.29) is 11.9 Å². The molecule has 1 saturated heterocycles. The van der Waals surface area contributed by atoms with Gasteiger partial charge in [-0.25, -0.2) is 4.68 Å². The summed E-state index contributed by atoms with van der Waals surface area (Å²) in [7, 11) is 0. The van der Waals surface area contributed by atoms with E-state index in [2.05, 4.69) is 22.2 Å². The lowest BCUT2D eigenvalue weighted by Gasteiger charge is -2.31. The number of hydrogen-bond acceptors (Lipinski definition) is 4. The first-order valence-corrected chi connectivity index (χ1v) is 9.91. The third-order valence-electron chi connectivity index (χ3n) is 5.33. The number of rotatable bonds is 6. The number of nitrogens with zero attached hydrogens (tertiary/aromatic N) is 3. The first-order chi connectivity index (χ1) is 13.7. The summed E-state index contributed by atoms with van der Waals surface area (Å²) in [4.78, 5) is 14.9. The maximum Gasteiger partial charge on any atom is 0.287 e. The van der Waals surface area contributed by atoms with E-state index in [1.165, 1.54) is 19.3 Å². The van der Waals surface area contributed by atoms with Gasteiger partial charge in [-0.2, -0.15) is 5.10 Å². The molecule has 1 atom stereocenters. The van der Waals surface area contributed by atoms with Crippen molar-refractivity contribution in [3.05, 3.63) is 71.9 Å². The molecule has 1 aliphatic rings. The molecule has 6 heteroatoms. The third kappa shape index (κ3) is 4.17. The van der Waals surface area contributed by atoms with Crippen LogP contribution in [0.3, 0.4) is 0 Å². The summed E-state index contributed by atoms with van der Waals surface area (Å²) in [5.74, 6) is 1.02. The van der Waals surface area contributed by atoms with Gasteiger partial charge in [-0.3, -0.25) is 9.69 Å². The number of benzene rings is 1. The molecule has 0 unspecified atom stereocenters. The molecule has 0 radical (unpaired) electrons. The Labute approximate surface area is 165 Å². The van der Waals surface area contributed by atoms with Crippen LogP contribution in [0.2, 0.25) is 0 Å². The van der Waals surface area contributed by atoms with E-state index in [0.29, 0.717) is 12.3 Å². The highest BCUT2D eigenvalue weighted by atomic mass is 16.4. The van der Waals surface area contributed by atoms with Gasteiger partial charge in [-0.15, -0.1) is 0 Å². The Morgan fingerprint density at radius 3 is 2.82 bits per heavy atom. The Bertz CT molecular complexity index is 910. The first-order valence-electron chi connectivity index (χ1n) is 9.91. The summed E-state index contributed by atoms with van der Waals surface area (Å²) in [6, 6.07) is 13.7. The van der Waals surface area contributed by atoms with E-state index in [1.807, 2.05) is 42.6 Å². The lowest BCUT2D eigenvalue weighted by Crippen LogP contribution is -2.32. The highest BCUT2D eigenvalue weighted by molar-refractivity contribution is 5.91. The minimum Gasteiger partial charge on any atom is -0.454 e. The normalized spacial score (nSPS) is 16.0.